The number of carbonyl (C=O) groups is 1. The molecular weight excluding hydrogens is 512 g/mol. The number of hydrazone groups is 1. The number of para-hydroxylation sites is 1. The third-order valence-electron chi connectivity index (χ3n) is 5.29. The summed E-state index contributed by atoms with van der Waals surface area (Å²) in [5, 5.41) is 15.0. The van der Waals surface area contributed by atoms with Gasteiger partial charge in [0.2, 0.25) is 5.17 Å². The van der Waals surface area contributed by atoms with Crippen LogP contribution in [0.3, 0.4) is 0 Å². The highest BCUT2D eigenvalue weighted by Crippen LogP contribution is 2.29. The van der Waals surface area contributed by atoms with Crippen LogP contribution < -0.4 is 8.92 Å². The lowest BCUT2D eigenvalue weighted by Gasteiger charge is -2.20. The van der Waals surface area contributed by atoms with Gasteiger partial charge in [-0.3, -0.25) is 10.2 Å². The Labute approximate surface area is 217 Å². The first-order valence-corrected chi connectivity index (χ1v) is 13.3. The molecule has 0 bridgehead atoms. The summed E-state index contributed by atoms with van der Waals surface area (Å²) in [6.45, 7) is 2.02. The van der Waals surface area contributed by atoms with Gasteiger partial charge in [-0.25, -0.2) is 0 Å². The number of hydrogen-bond donors (Lipinski definition) is 1. The van der Waals surface area contributed by atoms with Crippen molar-refractivity contribution in [1.29, 1.82) is 5.41 Å². The first-order chi connectivity index (χ1) is 17.8. The Balaban J connectivity index is 1.33. The highest BCUT2D eigenvalue weighted by molar-refractivity contribution is 8.27. The summed E-state index contributed by atoms with van der Waals surface area (Å²) in [7, 11) is -4.04. The lowest BCUT2D eigenvalue weighted by atomic mass is 10.1. The van der Waals surface area contributed by atoms with Gasteiger partial charge in [0.1, 0.15) is 28.0 Å². The molecule has 1 N–H and O–H groups in total. The van der Waals surface area contributed by atoms with Gasteiger partial charge in [-0.15, -0.1) is 0 Å². The fourth-order valence-corrected chi connectivity index (χ4v) is 5.18. The molecule has 11 heteroatoms. The van der Waals surface area contributed by atoms with Crippen molar-refractivity contribution in [2.75, 3.05) is 6.61 Å². The van der Waals surface area contributed by atoms with E-state index in [2.05, 4.69) is 10.1 Å². The van der Waals surface area contributed by atoms with Gasteiger partial charge in [0.15, 0.2) is 5.84 Å². The molecule has 3 aromatic rings. The van der Waals surface area contributed by atoms with Crippen LogP contribution in [0.1, 0.15) is 11.1 Å². The fraction of sp³-hybridized carbons (Fsp3) is 0.0769. The van der Waals surface area contributed by atoms with Crippen molar-refractivity contribution in [2.24, 2.45) is 10.1 Å². The van der Waals surface area contributed by atoms with E-state index in [0.29, 0.717) is 16.4 Å². The van der Waals surface area contributed by atoms with E-state index in [9.17, 15) is 13.2 Å². The molecule has 0 unspecified atom stereocenters. The number of amidine groups is 2. The molecule has 5 rings (SSSR count). The van der Waals surface area contributed by atoms with Crippen LogP contribution in [0.15, 0.2) is 99.4 Å². The van der Waals surface area contributed by atoms with Crippen molar-refractivity contribution in [1.82, 2.24) is 5.01 Å². The minimum Gasteiger partial charge on any atom is -0.487 e. The molecule has 0 radical (unpaired) electrons. The summed E-state index contributed by atoms with van der Waals surface area (Å²) < 4.78 is 36.3. The first kappa shape index (κ1) is 24.5. The minimum absolute atomic E-state index is 0.0110. The number of nitrogens with zero attached hydrogens (tertiary/aromatic N) is 3. The number of carbonyl (C=O) groups excluding carboxylic acids is 1. The van der Waals surface area contributed by atoms with Crippen LogP contribution in [0.5, 0.6) is 11.5 Å². The number of benzene rings is 3. The molecule has 0 atom stereocenters. The van der Waals surface area contributed by atoms with E-state index in [0.717, 1.165) is 17.3 Å². The SMILES string of the molecule is Cc1ccc(S(=O)(=O)Oc2cccc(/C=C3\C(=N)N4N=C(COc5ccccc5)SC4=NC3=O)c2)cc1. The standard InChI is InChI=1S/C26H20N4O5S2/c1-17-10-12-21(13-11-17)37(32,33)35-20-9-5-6-18(14-20)15-22-24(27)30-26(28-25(22)31)36-23(29-30)16-34-19-7-3-2-4-8-19/h2-15,27H,16H2,1H3/b22-15+,27-24?. The van der Waals surface area contributed by atoms with E-state index < -0.39 is 16.0 Å². The Hall–Kier alpha value is -4.22. The Morgan fingerprint density at radius 2 is 1.73 bits per heavy atom. The second kappa shape index (κ2) is 10.0. The van der Waals surface area contributed by atoms with Crippen LogP contribution in [0.25, 0.3) is 6.08 Å². The van der Waals surface area contributed by atoms with E-state index in [4.69, 9.17) is 14.3 Å². The van der Waals surface area contributed by atoms with Crippen LogP contribution in [-0.4, -0.2) is 42.0 Å². The van der Waals surface area contributed by atoms with E-state index in [1.165, 1.54) is 35.4 Å². The highest BCUT2D eigenvalue weighted by Gasteiger charge is 2.35. The Morgan fingerprint density at radius 3 is 2.49 bits per heavy atom. The lowest BCUT2D eigenvalue weighted by Crippen LogP contribution is -2.35. The molecule has 1 amide bonds. The molecule has 0 aromatic heterocycles. The van der Waals surface area contributed by atoms with Gasteiger partial charge in [0.25, 0.3) is 5.91 Å². The number of thioether (sulfide) groups is 1. The number of aliphatic imine (C=N–C) groups is 1. The molecule has 0 aliphatic carbocycles. The maximum absolute atomic E-state index is 12.7. The molecule has 0 spiro atoms. The summed E-state index contributed by atoms with van der Waals surface area (Å²) >= 11 is 1.16. The van der Waals surface area contributed by atoms with Gasteiger partial charge in [-0.05, 0) is 66.7 Å². The summed E-state index contributed by atoms with van der Waals surface area (Å²) in [5.74, 6) is 0.0124. The second-order valence-electron chi connectivity index (χ2n) is 8.04. The van der Waals surface area contributed by atoms with Gasteiger partial charge in [-0.2, -0.15) is 23.5 Å². The molecule has 0 saturated carbocycles. The zero-order valence-corrected chi connectivity index (χ0v) is 21.1. The maximum Gasteiger partial charge on any atom is 0.339 e. The Morgan fingerprint density at radius 1 is 1.00 bits per heavy atom. The summed E-state index contributed by atoms with van der Waals surface area (Å²) in [5.41, 5.74) is 1.40. The van der Waals surface area contributed by atoms with Crippen molar-refractivity contribution in [3.05, 3.63) is 95.6 Å². The van der Waals surface area contributed by atoms with Gasteiger partial charge in [0, 0.05) is 0 Å². The van der Waals surface area contributed by atoms with Crippen LogP contribution in [-0.2, 0) is 14.9 Å². The van der Waals surface area contributed by atoms with Crippen molar-refractivity contribution in [2.45, 2.75) is 11.8 Å². The highest BCUT2D eigenvalue weighted by atomic mass is 32.2. The number of amides is 1. The average Bonchev–Trinajstić information content (AvgIpc) is 3.29. The van der Waals surface area contributed by atoms with Gasteiger partial charge < -0.3 is 8.92 Å². The molecule has 2 aliphatic heterocycles. The molecular formula is C26H20N4O5S2. The minimum atomic E-state index is -4.04. The molecule has 37 heavy (non-hydrogen) atoms. The Bertz CT molecular complexity index is 1580. The van der Waals surface area contributed by atoms with E-state index >= 15 is 0 Å². The van der Waals surface area contributed by atoms with Crippen LogP contribution >= 0.6 is 11.8 Å². The van der Waals surface area contributed by atoms with Gasteiger partial charge in [0.05, 0.1) is 5.57 Å². The summed E-state index contributed by atoms with van der Waals surface area (Å²) in [4.78, 5) is 16.8. The molecule has 2 aliphatic rings. The lowest BCUT2D eigenvalue weighted by molar-refractivity contribution is -0.114. The number of ether oxygens (including phenoxy) is 1. The fourth-order valence-electron chi connectivity index (χ4n) is 3.45. The van der Waals surface area contributed by atoms with Crippen LogP contribution in [0, 0.1) is 12.3 Å². The second-order valence-corrected chi connectivity index (χ2v) is 10.6. The molecule has 0 fully saturated rings. The first-order valence-electron chi connectivity index (χ1n) is 11.1. The van der Waals surface area contributed by atoms with Gasteiger partial charge >= 0.3 is 10.1 Å². The third kappa shape index (κ3) is 5.47. The number of fused-ring (bicyclic) bond motifs is 1. The number of rotatable bonds is 7. The zero-order chi connectivity index (χ0) is 26.0. The normalized spacial score (nSPS) is 16.4. The van der Waals surface area contributed by atoms with Crippen LogP contribution in [0.4, 0.5) is 0 Å². The number of hydrogen-bond acceptors (Lipinski definition) is 8. The van der Waals surface area contributed by atoms with Crippen molar-refractivity contribution < 1.29 is 22.1 Å². The largest absolute Gasteiger partial charge is 0.487 e. The third-order valence-corrected chi connectivity index (χ3v) is 7.43. The molecule has 2 heterocycles. The topological polar surface area (TPSA) is 121 Å². The van der Waals surface area contributed by atoms with E-state index in [1.54, 1.807) is 24.3 Å². The van der Waals surface area contributed by atoms with E-state index in [1.807, 2.05) is 37.3 Å². The Kier molecular flexibility index (Phi) is 6.64. The van der Waals surface area contributed by atoms with Gasteiger partial charge in [-0.1, -0.05) is 48.0 Å². The molecule has 9 nitrogen and oxygen atoms in total. The number of aryl methyl sites for hydroxylation is 1. The molecule has 3 aromatic carbocycles. The maximum atomic E-state index is 12.7. The predicted octanol–water partition coefficient (Wildman–Crippen LogP) is 4.46. The summed E-state index contributed by atoms with van der Waals surface area (Å²) in [6.07, 6.45) is 1.45. The smallest absolute Gasteiger partial charge is 0.339 e. The molecule has 186 valence electrons. The quantitative estimate of drug-likeness (QED) is 0.352. The zero-order valence-electron chi connectivity index (χ0n) is 19.5. The van der Waals surface area contributed by atoms with Crippen LogP contribution in [0.2, 0.25) is 0 Å². The molecule has 0 saturated heterocycles. The van der Waals surface area contributed by atoms with Crippen molar-refractivity contribution >= 4 is 49.9 Å². The van der Waals surface area contributed by atoms with E-state index in [-0.39, 0.29) is 33.8 Å². The average molecular weight is 533 g/mol. The monoisotopic (exact) mass is 532 g/mol. The van der Waals surface area contributed by atoms with Crippen molar-refractivity contribution in [3.63, 3.8) is 0 Å². The van der Waals surface area contributed by atoms with Crippen molar-refractivity contribution in [3.8, 4) is 11.5 Å². The summed E-state index contributed by atoms with van der Waals surface area (Å²) in [6, 6.07) is 21.8. The number of nitrogens with one attached hydrogen (secondary N) is 1. The predicted molar refractivity (Wildman–Crippen MR) is 142 cm³/mol.